The highest BCUT2D eigenvalue weighted by Crippen LogP contribution is 2.03. The van der Waals surface area contributed by atoms with Gasteiger partial charge in [0, 0.05) is 6.10 Å². The van der Waals surface area contributed by atoms with E-state index in [1.807, 2.05) is 0 Å². The summed E-state index contributed by atoms with van der Waals surface area (Å²) in [6, 6.07) is 0. The second-order valence-electron chi connectivity index (χ2n) is 2.21. The third-order valence-electron chi connectivity index (χ3n) is 0.326. The lowest BCUT2D eigenvalue weighted by Crippen LogP contribution is -1.96. The number of aliphatic carboxylic acids is 1. The van der Waals surface area contributed by atoms with Crippen LogP contribution in [0.2, 0.25) is 0 Å². The van der Waals surface area contributed by atoms with Crippen LogP contribution in [-0.2, 0) is 4.79 Å². The molecule has 0 amide bonds. The molecule has 0 aliphatic rings. The Kier molecular flexibility index (Phi) is 22.2. The van der Waals surface area contributed by atoms with Gasteiger partial charge in [0.25, 0.3) is 0 Å². The van der Waals surface area contributed by atoms with Crippen LogP contribution in [0.1, 0.15) is 20.3 Å². The molecule has 14 heavy (non-hydrogen) atoms. The molecular weight excluding hydrogens is 254 g/mol. The highest BCUT2D eigenvalue weighted by molar-refractivity contribution is 6.63. The number of halogens is 3. The molecule has 4 nitrogen and oxygen atoms in total. The number of carboxylic acid groups (broad SMARTS) is 1. The molecule has 88 valence electrons. The number of aliphatic hydroxyl groups excluding tert-OH is 2. The molecule has 0 heterocycles. The van der Waals surface area contributed by atoms with Gasteiger partial charge in [-0.2, -0.15) is 0 Å². The first-order valence-electron chi connectivity index (χ1n) is 3.67. The molecule has 0 aliphatic carbocycles. The van der Waals surface area contributed by atoms with Crippen LogP contribution in [0, 0.1) is 0 Å². The summed E-state index contributed by atoms with van der Waals surface area (Å²) in [7, 11) is 0. The zero-order chi connectivity index (χ0) is 12.1. The maximum absolute atomic E-state index is 9.44. The van der Waals surface area contributed by atoms with Crippen molar-refractivity contribution in [1.82, 2.24) is 0 Å². The van der Waals surface area contributed by atoms with E-state index in [-0.39, 0.29) is 19.1 Å². The van der Waals surface area contributed by atoms with Crippen molar-refractivity contribution in [3.63, 3.8) is 0 Å². The van der Waals surface area contributed by atoms with Crippen LogP contribution in [-0.4, -0.2) is 38.3 Å². The molecule has 0 saturated heterocycles. The summed E-state index contributed by atoms with van der Waals surface area (Å²) >= 11 is 14.4. The van der Waals surface area contributed by atoms with Gasteiger partial charge in [-0.05, 0) is 13.8 Å². The monoisotopic (exact) mass is 268 g/mol. The van der Waals surface area contributed by atoms with Crippen LogP contribution in [0.25, 0.3) is 0 Å². The lowest BCUT2D eigenvalue weighted by atomic mass is 10.5. The predicted molar refractivity (Wildman–Crippen MR) is 58.0 cm³/mol. The van der Waals surface area contributed by atoms with Crippen molar-refractivity contribution >= 4 is 40.8 Å². The first-order valence-corrected chi connectivity index (χ1v) is 4.97. The summed E-state index contributed by atoms with van der Waals surface area (Å²) in [4.78, 5) is 9.44. The molecule has 7 heteroatoms. The van der Waals surface area contributed by atoms with E-state index in [4.69, 9.17) is 50.1 Å². The summed E-state index contributed by atoms with van der Waals surface area (Å²) in [6.07, 6.45) is -0.319. The van der Waals surface area contributed by atoms with E-state index >= 15 is 0 Å². The Labute approximate surface area is 98.4 Å². The van der Waals surface area contributed by atoms with Gasteiger partial charge in [0.2, 0.25) is 0 Å². The van der Waals surface area contributed by atoms with Crippen molar-refractivity contribution in [3.05, 3.63) is 0 Å². The maximum atomic E-state index is 9.44. The smallest absolute Gasteiger partial charge is 0.305 e. The van der Waals surface area contributed by atoms with Crippen LogP contribution in [0.4, 0.5) is 0 Å². The highest BCUT2D eigenvalue weighted by Gasteiger charge is 1.88. The van der Waals surface area contributed by atoms with Crippen molar-refractivity contribution in [1.29, 1.82) is 0 Å². The largest absolute Gasteiger partial charge is 0.481 e. The Hall–Kier alpha value is 0.260. The van der Waals surface area contributed by atoms with Crippen LogP contribution in [0.15, 0.2) is 0 Å². The van der Waals surface area contributed by atoms with E-state index in [2.05, 4.69) is 0 Å². The molecule has 0 aromatic rings. The van der Waals surface area contributed by atoms with Gasteiger partial charge in [-0.3, -0.25) is 4.79 Å². The van der Waals surface area contributed by atoms with Crippen molar-refractivity contribution in [2.45, 2.75) is 30.7 Å². The zero-order valence-corrected chi connectivity index (χ0v) is 10.2. The number of hydrogen-bond acceptors (Lipinski definition) is 3. The van der Waals surface area contributed by atoms with Gasteiger partial charge in [0.05, 0.1) is 13.0 Å². The third-order valence-corrected chi connectivity index (χ3v) is 0.326. The van der Waals surface area contributed by atoms with Crippen LogP contribution in [0.3, 0.4) is 0 Å². The second kappa shape index (κ2) is 15.7. The lowest BCUT2D eigenvalue weighted by Gasteiger charge is -1.80. The van der Waals surface area contributed by atoms with Crippen molar-refractivity contribution in [2.75, 3.05) is 6.61 Å². The molecule has 0 spiro atoms. The maximum Gasteiger partial charge on any atom is 0.305 e. The van der Waals surface area contributed by atoms with Gasteiger partial charge < -0.3 is 15.3 Å². The van der Waals surface area contributed by atoms with E-state index in [1.54, 1.807) is 13.8 Å². The quantitative estimate of drug-likeness (QED) is 0.668. The van der Waals surface area contributed by atoms with Gasteiger partial charge >= 0.3 is 5.97 Å². The first kappa shape index (κ1) is 19.8. The Balaban J connectivity index is -0.000000135. The molecule has 0 bridgehead atoms. The fourth-order valence-electron chi connectivity index (χ4n) is 0.0956. The van der Waals surface area contributed by atoms with Gasteiger partial charge in [0.15, 0.2) is 4.30 Å². The van der Waals surface area contributed by atoms with E-state index in [1.165, 1.54) is 0 Å². The minimum absolute atomic E-state index is 0.153. The normalized spacial score (nSPS) is 8.64. The van der Waals surface area contributed by atoms with Crippen LogP contribution in [0.5, 0.6) is 0 Å². The lowest BCUT2D eigenvalue weighted by molar-refractivity contribution is -0.137. The van der Waals surface area contributed by atoms with Crippen LogP contribution < -0.4 is 0 Å². The van der Waals surface area contributed by atoms with Gasteiger partial charge in [0.1, 0.15) is 0 Å². The van der Waals surface area contributed by atoms with E-state index < -0.39 is 10.3 Å². The number of hydrogen-bond donors (Lipinski definition) is 3. The van der Waals surface area contributed by atoms with Crippen molar-refractivity contribution < 1.29 is 20.1 Å². The Morgan fingerprint density at radius 1 is 1.29 bits per heavy atom. The molecule has 0 saturated carbocycles. The van der Waals surface area contributed by atoms with E-state index in [9.17, 15) is 4.79 Å². The fraction of sp³-hybridized carbons (Fsp3) is 0.857. The van der Waals surface area contributed by atoms with Crippen molar-refractivity contribution in [3.8, 4) is 0 Å². The molecule has 0 unspecified atom stereocenters. The molecule has 0 atom stereocenters. The number of carbonyl (C=O) groups is 1. The molecule has 3 N–H and O–H groups in total. The predicted octanol–water partition coefficient (Wildman–Crippen LogP) is 1.83. The number of carboxylic acids is 1. The van der Waals surface area contributed by atoms with Gasteiger partial charge in [-0.1, -0.05) is 34.8 Å². The molecule has 0 aromatic heterocycles. The van der Waals surface area contributed by atoms with Gasteiger partial charge in [-0.25, -0.2) is 0 Å². The average Bonchev–Trinajstić information content (AvgIpc) is 1.82. The minimum atomic E-state index is -0.961. The molecule has 0 aromatic carbocycles. The summed E-state index contributed by atoms with van der Waals surface area (Å²) < 4.78 is -0.750. The van der Waals surface area contributed by atoms with E-state index in [0.717, 1.165) is 0 Å². The Morgan fingerprint density at radius 3 is 1.50 bits per heavy atom. The summed E-state index contributed by atoms with van der Waals surface area (Å²) in [6.45, 7) is 3.18. The molecule has 0 radical (unpaired) electrons. The number of rotatable bonds is 2. The number of aliphatic hydroxyl groups is 2. The highest BCUT2D eigenvalue weighted by atomic mass is 35.6. The first-order chi connectivity index (χ1) is 6.23. The molecule has 0 aliphatic heterocycles. The number of alkyl halides is 3. The third kappa shape index (κ3) is 146. The molecular formula is C7H15Cl3O4. The van der Waals surface area contributed by atoms with Crippen molar-refractivity contribution in [2.24, 2.45) is 0 Å². The fourth-order valence-corrected chi connectivity index (χ4v) is 0.0956. The summed E-state index contributed by atoms with van der Waals surface area (Å²) in [5.41, 5.74) is 0. The zero-order valence-electron chi connectivity index (χ0n) is 7.95. The van der Waals surface area contributed by atoms with Gasteiger partial charge in [-0.15, -0.1) is 0 Å². The SMILES string of the molecule is CC(C)O.ClC(Cl)Cl.O=C(O)CCO. The van der Waals surface area contributed by atoms with E-state index in [0.29, 0.717) is 0 Å². The Bertz CT molecular complexity index is 108. The summed E-state index contributed by atoms with van der Waals surface area (Å²) in [5.74, 6) is -0.961. The second-order valence-corrected chi connectivity index (χ2v) is 4.19. The molecule has 0 rings (SSSR count). The molecule has 0 fully saturated rings. The topological polar surface area (TPSA) is 77.8 Å². The minimum Gasteiger partial charge on any atom is -0.481 e. The summed E-state index contributed by atoms with van der Waals surface area (Å²) in [5, 5.41) is 23.7. The van der Waals surface area contributed by atoms with Crippen LogP contribution >= 0.6 is 34.8 Å². The Morgan fingerprint density at radius 2 is 1.50 bits per heavy atom. The average molecular weight is 270 g/mol. The standard InChI is InChI=1S/C3H6O3.C3H8O.CHCl3/c4-2-1-3(5)6;1-3(2)4;2-1(3)4/h4H,1-2H2,(H,5,6);3-4H,1-2H3;1H.